The summed E-state index contributed by atoms with van der Waals surface area (Å²) in [6.07, 6.45) is 5.18. The molecule has 1 unspecified atom stereocenters. The molecule has 0 aromatic rings. The van der Waals surface area contributed by atoms with Gasteiger partial charge in [-0.05, 0) is 12.8 Å². The highest BCUT2D eigenvalue weighted by Gasteiger charge is 2.11. The van der Waals surface area contributed by atoms with E-state index in [0.717, 1.165) is 25.7 Å². The maximum absolute atomic E-state index is 11.4. The Labute approximate surface area is 94.4 Å². The van der Waals surface area contributed by atoms with Crippen LogP contribution in [0.3, 0.4) is 0 Å². The summed E-state index contributed by atoms with van der Waals surface area (Å²) in [6.45, 7) is 2.64. The number of unbranched alkanes of at least 4 members (excludes halogenated alkanes) is 1. The fourth-order valence-electron chi connectivity index (χ4n) is 1.17. The Morgan fingerprint density at radius 2 is 2.13 bits per heavy atom. The highest BCUT2D eigenvalue weighted by molar-refractivity contribution is 7.84. The van der Waals surface area contributed by atoms with Crippen LogP contribution in [0.25, 0.3) is 0 Å². The minimum atomic E-state index is -0.778. The molecule has 0 fully saturated rings. The zero-order valence-corrected chi connectivity index (χ0v) is 10.4. The molecule has 3 N–H and O–H groups in total. The smallest absolute Gasteiger partial charge is 0.236 e. The number of rotatable bonds is 8. The normalized spacial score (nSPS) is 14.6. The summed E-state index contributed by atoms with van der Waals surface area (Å²) < 4.78 is 10.7. The molecule has 2 atom stereocenters. The van der Waals surface area contributed by atoms with Crippen LogP contribution in [-0.4, -0.2) is 34.7 Å². The van der Waals surface area contributed by atoms with E-state index in [4.69, 9.17) is 5.73 Å². The van der Waals surface area contributed by atoms with Gasteiger partial charge in [0.05, 0.1) is 6.04 Å². The van der Waals surface area contributed by atoms with Gasteiger partial charge in [-0.2, -0.15) is 0 Å². The van der Waals surface area contributed by atoms with Crippen molar-refractivity contribution in [3.8, 4) is 0 Å². The van der Waals surface area contributed by atoms with Gasteiger partial charge in [0.15, 0.2) is 0 Å². The predicted octanol–water partition coefficient (Wildman–Crippen LogP) is 0.389. The fourth-order valence-corrected chi connectivity index (χ4v) is 1.72. The average Bonchev–Trinajstić information content (AvgIpc) is 2.20. The molecular weight excluding hydrogens is 212 g/mol. The number of nitrogens with two attached hydrogens (primary N) is 1. The third-order valence-corrected chi connectivity index (χ3v) is 2.98. The van der Waals surface area contributed by atoms with Crippen molar-refractivity contribution in [2.24, 2.45) is 5.73 Å². The number of nitrogens with one attached hydrogen (secondary N) is 1. The SMILES string of the molecule is CCCC[C@H](N)C(=O)NCCCS(C)=O. The average molecular weight is 234 g/mol. The molecule has 0 radical (unpaired) electrons. The molecule has 0 saturated carbocycles. The van der Waals surface area contributed by atoms with Gasteiger partial charge in [0, 0.05) is 29.4 Å². The number of hydrogen-bond donors (Lipinski definition) is 2. The summed E-state index contributed by atoms with van der Waals surface area (Å²) in [6, 6.07) is -0.392. The van der Waals surface area contributed by atoms with E-state index in [0.29, 0.717) is 12.3 Å². The van der Waals surface area contributed by atoms with Gasteiger partial charge < -0.3 is 11.1 Å². The molecule has 0 aromatic heterocycles. The minimum Gasteiger partial charge on any atom is -0.355 e. The standard InChI is InChI=1S/C10H22N2O2S/c1-3-4-6-9(11)10(13)12-7-5-8-15(2)14/h9H,3-8,11H2,1-2H3,(H,12,13)/t9-,15?/m0/s1. The molecule has 0 heterocycles. The second-order valence-electron chi connectivity index (χ2n) is 3.67. The Kier molecular flexibility index (Phi) is 8.61. The second-order valence-corrected chi connectivity index (χ2v) is 5.23. The first-order chi connectivity index (χ1) is 7.07. The lowest BCUT2D eigenvalue weighted by atomic mass is 10.1. The van der Waals surface area contributed by atoms with Gasteiger partial charge in [0.25, 0.3) is 0 Å². The van der Waals surface area contributed by atoms with Crippen molar-refractivity contribution in [2.75, 3.05) is 18.6 Å². The first-order valence-electron chi connectivity index (χ1n) is 5.41. The molecule has 0 aliphatic heterocycles. The molecule has 90 valence electrons. The lowest BCUT2D eigenvalue weighted by Crippen LogP contribution is -2.41. The van der Waals surface area contributed by atoms with E-state index in [1.54, 1.807) is 6.26 Å². The van der Waals surface area contributed by atoms with Gasteiger partial charge in [-0.3, -0.25) is 9.00 Å². The monoisotopic (exact) mass is 234 g/mol. The van der Waals surface area contributed by atoms with Crippen molar-refractivity contribution in [1.29, 1.82) is 0 Å². The third kappa shape index (κ3) is 8.57. The summed E-state index contributed by atoms with van der Waals surface area (Å²) in [4.78, 5) is 11.4. The minimum absolute atomic E-state index is 0.0923. The Morgan fingerprint density at radius 1 is 1.47 bits per heavy atom. The number of carbonyl (C=O) groups excluding carboxylic acids is 1. The van der Waals surface area contributed by atoms with Crippen molar-refractivity contribution in [3.63, 3.8) is 0 Å². The molecule has 0 aromatic carbocycles. The first kappa shape index (κ1) is 14.6. The third-order valence-electron chi connectivity index (χ3n) is 2.11. The van der Waals surface area contributed by atoms with Crippen molar-refractivity contribution in [3.05, 3.63) is 0 Å². The zero-order valence-electron chi connectivity index (χ0n) is 9.62. The topological polar surface area (TPSA) is 72.2 Å². The number of carbonyl (C=O) groups is 1. The van der Waals surface area contributed by atoms with Crippen molar-refractivity contribution in [1.82, 2.24) is 5.32 Å². The van der Waals surface area contributed by atoms with Crippen molar-refractivity contribution in [2.45, 2.75) is 38.6 Å². The zero-order chi connectivity index (χ0) is 11.7. The molecule has 4 nitrogen and oxygen atoms in total. The molecule has 5 heteroatoms. The van der Waals surface area contributed by atoms with Crippen LogP contribution in [0.15, 0.2) is 0 Å². The number of amides is 1. The van der Waals surface area contributed by atoms with E-state index in [9.17, 15) is 9.00 Å². The lowest BCUT2D eigenvalue weighted by Gasteiger charge is -2.11. The molecule has 0 rings (SSSR count). The van der Waals surface area contributed by atoms with Crippen molar-refractivity contribution < 1.29 is 9.00 Å². The van der Waals surface area contributed by atoms with Gasteiger partial charge in [0.1, 0.15) is 0 Å². The van der Waals surface area contributed by atoms with E-state index >= 15 is 0 Å². The largest absolute Gasteiger partial charge is 0.355 e. The molecule has 0 saturated heterocycles. The highest BCUT2D eigenvalue weighted by Crippen LogP contribution is 1.97. The maximum Gasteiger partial charge on any atom is 0.236 e. The fraction of sp³-hybridized carbons (Fsp3) is 0.900. The number of hydrogen-bond acceptors (Lipinski definition) is 3. The molecule has 0 spiro atoms. The van der Waals surface area contributed by atoms with Gasteiger partial charge in [0.2, 0.25) is 5.91 Å². The van der Waals surface area contributed by atoms with Crippen LogP contribution in [0, 0.1) is 0 Å². The summed E-state index contributed by atoms with van der Waals surface area (Å²) in [7, 11) is -0.778. The first-order valence-corrected chi connectivity index (χ1v) is 7.14. The molecule has 0 aliphatic rings. The van der Waals surface area contributed by atoms with Gasteiger partial charge >= 0.3 is 0 Å². The molecule has 1 amide bonds. The van der Waals surface area contributed by atoms with Crippen LogP contribution in [0.1, 0.15) is 32.6 Å². The van der Waals surface area contributed by atoms with Gasteiger partial charge in [-0.1, -0.05) is 19.8 Å². The molecular formula is C10H22N2O2S. The molecule has 15 heavy (non-hydrogen) atoms. The summed E-state index contributed by atoms with van der Waals surface area (Å²) in [5.74, 6) is 0.537. The van der Waals surface area contributed by atoms with E-state index < -0.39 is 16.8 Å². The molecule has 0 bridgehead atoms. The maximum atomic E-state index is 11.4. The predicted molar refractivity (Wildman–Crippen MR) is 64.1 cm³/mol. The van der Waals surface area contributed by atoms with Crippen LogP contribution in [0.5, 0.6) is 0 Å². The van der Waals surface area contributed by atoms with Crippen LogP contribution in [-0.2, 0) is 15.6 Å². The van der Waals surface area contributed by atoms with Crippen LogP contribution < -0.4 is 11.1 Å². The summed E-state index contributed by atoms with van der Waals surface area (Å²) >= 11 is 0. The summed E-state index contributed by atoms with van der Waals surface area (Å²) in [5, 5.41) is 2.75. The Bertz CT molecular complexity index is 210. The Balaban J connectivity index is 3.51. The highest BCUT2D eigenvalue weighted by atomic mass is 32.2. The van der Waals surface area contributed by atoms with Crippen LogP contribution >= 0.6 is 0 Å². The van der Waals surface area contributed by atoms with Crippen LogP contribution in [0.2, 0.25) is 0 Å². The lowest BCUT2D eigenvalue weighted by molar-refractivity contribution is -0.122. The second kappa shape index (κ2) is 8.85. The van der Waals surface area contributed by atoms with E-state index in [2.05, 4.69) is 12.2 Å². The van der Waals surface area contributed by atoms with E-state index in [-0.39, 0.29) is 5.91 Å². The van der Waals surface area contributed by atoms with E-state index in [1.807, 2.05) is 0 Å². The van der Waals surface area contributed by atoms with Gasteiger partial charge in [-0.15, -0.1) is 0 Å². The quantitative estimate of drug-likeness (QED) is 0.597. The summed E-state index contributed by atoms with van der Waals surface area (Å²) in [5.41, 5.74) is 5.67. The van der Waals surface area contributed by atoms with E-state index in [1.165, 1.54) is 0 Å². The molecule has 0 aliphatic carbocycles. The van der Waals surface area contributed by atoms with Crippen LogP contribution in [0.4, 0.5) is 0 Å². The Hall–Kier alpha value is -0.420. The Morgan fingerprint density at radius 3 is 2.67 bits per heavy atom. The van der Waals surface area contributed by atoms with Gasteiger partial charge in [-0.25, -0.2) is 0 Å². The van der Waals surface area contributed by atoms with Crippen molar-refractivity contribution >= 4 is 16.7 Å².